The molecule has 3 nitrogen and oxygen atoms in total. The molecule has 0 radical (unpaired) electrons. The average Bonchev–Trinajstić information content (AvgIpc) is 2.48. The predicted molar refractivity (Wildman–Crippen MR) is 92.5 cm³/mol. The Hall–Kier alpha value is -1.57. The van der Waals surface area contributed by atoms with E-state index in [9.17, 15) is 4.79 Å². The second-order valence-corrected chi connectivity index (χ2v) is 6.65. The fourth-order valence-corrected chi connectivity index (χ4v) is 3.29. The van der Waals surface area contributed by atoms with Crippen molar-refractivity contribution in [1.29, 1.82) is 0 Å². The van der Waals surface area contributed by atoms with Crippen LogP contribution in [-0.2, 0) is 0 Å². The molecule has 2 aromatic rings. The van der Waals surface area contributed by atoms with Crippen molar-refractivity contribution in [2.24, 2.45) is 0 Å². The topological polar surface area (TPSA) is 35.5 Å². The van der Waals surface area contributed by atoms with Crippen molar-refractivity contribution < 1.29 is 14.3 Å². The van der Waals surface area contributed by atoms with Gasteiger partial charge in [-0.3, -0.25) is 4.79 Å². The molecule has 0 spiro atoms. The van der Waals surface area contributed by atoms with E-state index < -0.39 is 0 Å². The Morgan fingerprint density at radius 3 is 2.41 bits per heavy atom. The van der Waals surface area contributed by atoms with Gasteiger partial charge in [-0.15, -0.1) is 0 Å². The smallest absolute Gasteiger partial charge is 0.190 e. The molecule has 1 unspecified atom stereocenters. The number of carbonyl (C=O) groups is 1. The summed E-state index contributed by atoms with van der Waals surface area (Å²) in [5.41, 5.74) is 0.396. The Morgan fingerprint density at radius 1 is 1.14 bits per heavy atom. The molecule has 0 saturated heterocycles. The lowest BCUT2D eigenvalue weighted by molar-refractivity contribution is 0.108. The SMILES string of the molecule is COc1cccc(Cl)c1C(=O)Pc1ccc(OC(C)C)cc1. The van der Waals surface area contributed by atoms with Gasteiger partial charge in [0.05, 0.1) is 23.8 Å². The van der Waals surface area contributed by atoms with E-state index in [4.69, 9.17) is 21.1 Å². The summed E-state index contributed by atoms with van der Waals surface area (Å²) in [6.07, 6.45) is 0.127. The zero-order valence-corrected chi connectivity index (χ0v) is 14.5. The molecule has 0 aromatic heterocycles. The van der Waals surface area contributed by atoms with E-state index in [1.165, 1.54) is 7.11 Å². The first-order chi connectivity index (χ1) is 10.5. The van der Waals surface area contributed by atoms with Crippen LogP contribution in [0.1, 0.15) is 24.2 Å². The van der Waals surface area contributed by atoms with Gasteiger partial charge in [0, 0.05) is 0 Å². The van der Waals surface area contributed by atoms with Crippen molar-refractivity contribution >= 4 is 31.0 Å². The quantitative estimate of drug-likeness (QED) is 0.739. The van der Waals surface area contributed by atoms with Crippen LogP contribution >= 0.6 is 20.2 Å². The first-order valence-corrected chi connectivity index (χ1v) is 8.29. The molecule has 5 heteroatoms. The summed E-state index contributed by atoms with van der Waals surface area (Å²) >= 11 is 6.14. The summed E-state index contributed by atoms with van der Waals surface area (Å²) in [4.78, 5) is 12.5. The molecule has 0 bridgehead atoms. The minimum absolute atomic E-state index is 0.0151. The Bertz CT molecular complexity index is 653. The van der Waals surface area contributed by atoms with Crippen molar-refractivity contribution in [2.45, 2.75) is 20.0 Å². The number of rotatable bonds is 6. The van der Waals surface area contributed by atoms with Crippen LogP contribution in [0.5, 0.6) is 11.5 Å². The van der Waals surface area contributed by atoms with Crippen molar-refractivity contribution in [1.82, 2.24) is 0 Å². The van der Waals surface area contributed by atoms with Crippen molar-refractivity contribution in [2.75, 3.05) is 7.11 Å². The van der Waals surface area contributed by atoms with Gasteiger partial charge in [0.25, 0.3) is 0 Å². The number of carbonyl (C=O) groups excluding carboxylic acids is 1. The van der Waals surface area contributed by atoms with E-state index in [1.807, 2.05) is 38.1 Å². The van der Waals surface area contributed by atoms with E-state index >= 15 is 0 Å². The molecule has 2 rings (SSSR count). The second kappa shape index (κ2) is 7.62. The van der Waals surface area contributed by atoms with Gasteiger partial charge >= 0.3 is 0 Å². The van der Waals surface area contributed by atoms with E-state index in [-0.39, 0.29) is 20.2 Å². The van der Waals surface area contributed by atoms with Crippen molar-refractivity contribution in [3.63, 3.8) is 0 Å². The lowest BCUT2D eigenvalue weighted by atomic mass is 10.2. The van der Waals surface area contributed by atoms with Gasteiger partial charge in [-0.1, -0.05) is 29.8 Å². The fraction of sp³-hybridized carbons (Fsp3) is 0.235. The van der Waals surface area contributed by atoms with E-state index in [2.05, 4.69) is 0 Å². The third-order valence-corrected chi connectivity index (χ3v) is 4.32. The maximum atomic E-state index is 12.5. The summed E-state index contributed by atoms with van der Waals surface area (Å²) in [5.74, 6) is 1.30. The van der Waals surface area contributed by atoms with Gasteiger partial charge in [0.2, 0.25) is 0 Å². The number of benzene rings is 2. The first-order valence-electron chi connectivity index (χ1n) is 6.92. The van der Waals surface area contributed by atoms with Crippen LogP contribution in [0.2, 0.25) is 5.02 Å². The number of halogens is 1. The zero-order valence-electron chi connectivity index (χ0n) is 12.7. The van der Waals surface area contributed by atoms with Gasteiger partial charge in [-0.2, -0.15) is 0 Å². The molecule has 0 saturated carbocycles. The molecule has 2 aromatic carbocycles. The van der Waals surface area contributed by atoms with Gasteiger partial charge in [0.1, 0.15) is 11.5 Å². The molecular formula is C17H18ClO3P. The van der Waals surface area contributed by atoms with E-state index in [0.717, 1.165) is 11.1 Å². The number of hydrogen-bond acceptors (Lipinski definition) is 3. The molecule has 0 N–H and O–H groups in total. The van der Waals surface area contributed by atoms with Gasteiger partial charge in [-0.25, -0.2) is 0 Å². The highest BCUT2D eigenvalue weighted by Crippen LogP contribution is 2.32. The highest BCUT2D eigenvalue weighted by molar-refractivity contribution is 7.66. The minimum atomic E-state index is -0.0417. The molecule has 0 amide bonds. The normalized spacial score (nSPS) is 11.1. The molecule has 0 aliphatic carbocycles. The summed E-state index contributed by atoms with van der Waals surface area (Å²) in [5, 5.41) is 1.35. The largest absolute Gasteiger partial charge is 0.496 e. The summed E-state index contributed by atoms with van der Waals surface area (Å²) < 4.78 is 10.8. The standard InChI is InChI=1S/C17H18ClO3P/c1-11(2)21-12-7-9-13(10-8-12)22-17(19)16-14(18)5-4-6-15(16)20-3/h4-11,22H,1-3H3. The maximum absolute atomic E-state index is 12.5. The predicted octanol–water partition coefficient (Wildman–Crippen LogP) is 4.28. The Kier molecular flexibility index (Phi) is 5.82. The fourth-order valence-electron chi connectivity index (χ4n) is 1.98. The summed E-state index contributed by atoms with van der Waals surface area (Å²) in [6, 6.07) is 12.7. The molecule has 1 atom stereocenters. The number of methoxy groups -OCH3 is 1. The van der Waals surface area contributed by atoms with Crippen LogP contribution in [0.25, 0.3) is 0 Å². The van der Waals surface area contributed by atoms with Gasteiger partial charge in [0.15, 0.2) is 5.52 Å². The molecule has 0 fully saturated rings. The van der Waals surface area contributed by atoms with Crippen LogP contribution in [-0.4, -0.2) is 18.7 Å². The Labute approximate surface area is 137 Å². The highest BCUT2D eigenvalue weighted by atomic mass is 35.5. The van der Waals surface area contributed by atoms with Crippen LogP contribution < -0.4 is 14.8 Å². The highest BCUT2D eigenvalue weighted by Gasteiger charge is 2.16. The third kappa shape index (κ3) is 4.22. The summed E-state index contributed by atoms with van der Waals surface area (Å²) in [6.45, 7) is 3.95. The van der Waals surface area contributed by atoms with Crippen molar-refractivity contribution in [3.8, 4) is 11.5 Å². The first kappa shape index (κ1) is 16.8. The number of hydrogen-bond donors (Lipinski definition) is 0. The lowest BCUT2D eigenvalue weighted by Crippen LogP contribution is -2.07. The van der Waals surface area contributed by atoms with Gasteiger partial charge in [-0.05, 0) is 52.0 Å². The summed E-state index contributed by atoms with van der Waals surface area (Å²) in [7, 11) is 1.52. The average molecular weight is 337 g/mol. The molecule has 116 valence electrons. The molecular weight excluding hydrogens is 319 g/mol. The molecule has 0 aliphatic heterocycles. The minimum Gasteiger partial charge on any atom is -0.496 e. The zero-order chi connectivity index (χ0) is 16.1. The lowest BCUT2D eigenvalue weighted by Gasteiger charge is -2.11. The maximum Gasteiger partial charge on any atom is 0.190 e. The molecule has 22 heavy (non-hydrogen) atoms. The second-order valence-electron chi connectivity index (χ2n) is 4.96. The van der Waals surface area contributed by atoms with Crippen LogP contribution in [0.4, 0.5) is 0 Å². The molecule has 0 aliphatic rings. The monoisotopic (exact) mass is 336 g/mol. The van der Waals surface area contributed by atoms with E-state index in [1.54, 1.807) is 18.2 Å². The van der Waals surface area contributed by atoms with E-state index in [0.29, 0.717) is 16.3 Å². The van der Waals surface area contributed by atoms with Gasteiger partial charge < -0.3 is 9.47 Å². The number of ether oxygens (including phenoxy) is 2. The Morgan fingerprint density at radius 2 is 1.82 bits per heavy atom. The third-order valence-electron chi connectivity index (χ3n) is 2.91. The Balaban J connectivity index is 2.15. The van der Waals surface area contributed by atoms with Crippen LogP contribution in [0.15, 0.2) is 42.5 Å². The van der Waals surface area contributed by atoms with Crippen molar-refractivity contribution in [3.05, 3.63) is 53.1 Å². The van der Waals surface area contributed by atoms with Crippen LogP contribution in [0, 0.1) is 0 Å². The van der Waals surface area contributed by atoms with Crippen LogP contribution in [0.3, 0.4) is 0 Å². The molecule has 0 heterocycles.